The predicted molar refractivity (Wildman–Crippen MR) is 104 cm³/mol. The molecule has 1 heterocycles. The highest BCUT2D eigenvalue weighted by atomic mass is 35.5. The lowest BCUT2D eigenvalue weighted by molar-refractivity contribution is -0.147. The van der Waals surface area contributed by atoms with Gasteiger partial charge >= 0.3 is 5.97 Å². The molecule has 0 saturated carbocycles. The molecule has 0 bridgehead atoms. The van der Waals surface area contributed by atoms with Crippen molar-refractivity contribution in [3.05, 3.63) is 63.6 Å². The Morgan fingerprint density at radius 2 is 1.71 bits per heavy atom. The van der Waals surface area contributed by atoms with Crippen molar-refractivity contribution in [3.8, 4) is 5.75 Å². The van der Waals surface area contributed by atoms with E-state index in [1.165, 1.54) is 6.07 Å². The van der Waals surface area contributed by atoms with Crippen LogP contribution < -0.4 is 4.74 Å². The number of esters is 1. The summed E-state index contributed by atoms with van der Waals surface area (Å²) in [5.74, 6) is -1.10. The van der Waals surface area contributed by atoms with E-state index in [2.05, 4.69) is 0 Å². The van der Waals surface area contributed by atoms with Crippen LogP contribution >= 0.6 is 23.2 Å². The summed E-state index contributed by atoms with van der Waals surface area (Å²) in [6.07, 6.45) is 0.447. The smallest absolute Gasteiger partial charge is 0.344 e. The van der Waals surface area contributed by atoms with Crippen molar-refractivity contribution in [1.29, 1.82) is 0 Å². The van der Waals surface area contributed by atoms with E-state index in [1.54, 1.807) is 36.4 Å². The number of halogens is 2. The molecule has 8 heteroatoms. The molecule has 1 aliphatic rings. The first kappa shape index (κ1) is 20.2. The Bertz CT molecular complexity index is 896. The van der Waals surface area contributed by atoms with Crippen LogP contribution in [0, 0.1) is 0 Å². The monoisotopic (exact) mass is 421 g/mol. The Balaban J connectivity index is 1.58. The van der Waals surface area contributed by atoms with Crippen molar-refractivity contribution in [2.24, 2.45) is 0 Å². The lowest BCUT2D eigenvalue weighted by Gasteiger charge is -2.24. The van der Waals surface area contributed by atoms with E-state index in [1.807, 2.05) is 6.92 Å². The molecule has 6 nitrogen and oxygen atoms in total. The molecule has 0 N–H and O–H groups in total. The SMILES string of the molecule is CC[C@@H](COC(=O)COc1ccc(Cl)cc1Cl)N1C(=O)c2ccccc2C1=O. The molecular formula is C20H17Cl2NO5. The van der Waals surface area contributed by atoms with Crippen LogP contribution in [0.3, 0.4) is 0 Å². The molecule has 0 radical (unpaired) electrons. The van der Waals surface area contributed by atoms with Gasteiger partial charge in [-0.05, 0) is 36.8 Å². The molecule has 28 heavy (non-hydrogen) atoms. The highest BCUT2D eigenvalue weighted by Crippen LogP contribution is 2.28. The first-order chi connectivity index (χ1) is 13.4. The Morgan fingerprint density at radius 1 is 1.07 bits per heavy atom. The van der Waals surface area contributed by atoms with Gasteiger partial charge in [0.1, 0.15) is 12.4 Å². The van der Waals surface area contributed by atoms with Crippen molar-refractivity contribution >= 4 is 41.0 Å². The van der Waals surface area contributed by atoms with Crippen LogP contribution in [0.2, 0.25) is 10.0 Å². The van der Waals surface area contributed by atoms with E-state index < -0.39 is 12.0 Å². The van der Waals surface area contributed by atoms with Gasteiger partial charge in [-0.3, -0.25) is 14.5 Å². The summed E-state index contributed by atoms with van der Waals surface area (Å²) in [5, 5.41) is 0.726. The molecule has 0 unspecified atom stereocenters. The van der Waals surface area contributed by atoms with Gasteiger partial charge in [-0.25, -0.2) is 4.79 Å². The molecule has 2 aromatic rings. The normalized spacial score (nSPS) is 14.0. The molecule has 2 aromatic carbocycles. The highest BCUT2D eigenvalue weighted by molar-refractivity contribution is 6.35. The zero-order chi connectivity index (χ0) is 20.3. The number of nitrogens with zero attached hydrogens (tertiary/aromatic N) is 1. The van der Waals surface area contributed by atoms with Crippen LogP contribution in [-0.4, -0.2) is 41.9 Å². The van der Waals surface area contributed by atoms with Crippen molar-refractivity contribution in [2.45, 2.75) is 19.4 Å². The second kappa shape index (κ2) is 8.63. The fraction of sp³-hybridized carbons (Fsp3) is 0.250. The molecule has 1 atom stereocenters. The van der Waals surface area contributed by atoms with Gasteiger partial charge in [-0.15, -0.1) is 0 Å². The van der Waals surface area contributed by atoms with Crippen molar-refractivity contribution < 1.29 is 23.9 Å². The molecule has 0 fully saturated rings. The van der Waals surface area contributed by atoms with E-state index in [-0.39, 0.29) is 30.1 Å². The predicted octanol–water partition coefficient (Wildman–Crippen LogP) is 3.99. The number of rotatable bonds is 7. The van der Waals surface area contributed by atoms with Gasteiger partial charge in [0, 0.05) is 5.02 Å². The lowest BCUT2D eigenvalue weighted by atomic mass is 10.1. The van der Waals surface area contributed by atoms with Crippen LogP contribution in [-0.2, 0) is 9.53 Å². The molecular weight excluding hydrogens is 405 g/mol. The first-order valence-electron chi connectivity index (χ1n) is 8.62. The number of hydrogen-bond donors (Lipinski definition) is 0. The maximum absolute atomic E-state index is 12.5. The number of benzene rings is 2. The number of fused-ring (bicyclic) bond motifs is 1. The van der Waals surface area contributed by atoms with Crippen molar-refractivity contribution in [1.82, 2.24) is 4.90 Å². The van der Waals surface area contributed by atoms with Gasteiger partial charge in [0.15, 0.2) is 6.61 Å². The summed E-state index contributed by atoms with van der Waals surface area (Å²) >= 11 is 11.8. The molecule has 0 aliphatic carbocycles. The molecule has 2 amide bonds. The van der Waals surface area contributed by atoms with Gasteiger partial charge in [0.25, 0.3) is 11.8 Å². The van der Waals surface area contributed by atoms with Gasteiger partial charge < -0.3 is 9.47 Å². The molecule has 0 aromatic heterocycles. The third-order valence-electron chi connectivity index (χ3n) is 4.34. The quantitative estimate of drug-likeness (QED) is 0.499. The van der Waals surface area contributed by atoms with Crippen molar-refractivity contribution in [3.63, 3.8) is 0 Å². The van der Waals surface area contributed by atoms with Crippen LogP contribution in [0.15, 0.2) is 42.5 Å². The third-order valence-corrected chi connectivity index (χ3v) is 4.87. The zero-order valence-electron chi connectivity index (χ0n) is 15.0. The molecule has 146 valence electrons. The molecule has 1 aliphatic heterocycles. The summed E-state index contributed by atoms with van der Waals surface area (Å²) in [5.41, 5.74) is 0.719. The number of ether oxygens (including phenoxy) is 2. The second-order valence-electron chi connectivity index (χ2n) is 6.13. The highest BCUT2D eigenvalue weighted by Gasteiger charge is 2.39. The summed E-state index contributed by atoms with van der Waals surface area (Å²) in [6, 6.07) is 10.7. The fourth-order valence-electron chi connectivity index (χ4n) is 2.87. The zero-order valence-corrected chi connectivity index (χ0v) is 16.5. The summed E-state index contributed by atoms with van der Waals surface area (Å²) in [7, 11) is 0. The lowest BCUT2D eigenvalue weighted by Crippen LogP contribution is -2.43. The Morgan fingerprint density at radius 3 is 2.29 bits per heavy atom. The molecule has 3 rings (SSSR count). The molecule has 0 saturated heterocycles. The topological polar surface area (TPSA) is 72.9 Å². The van der Waals surface area contributed by atoms with Gasteiger partial charge in [-0.2, -0.15) is 0 Å². The minimum Gasteiger partial charge on any atom is -0.480 e. The van der Waals surface area contributed by atoms with Crippen molar-refractivity contribution in [2.75, 3.05) is 13.2 Å². The van der Waals surface area contributed by atoms with E-state index in [9.17, 15) is 14.4 Å². The third kappa shape index (κ3) is 4.13. The fourth-order valence-corrected chi connectivity index (χ4v) is 3.34. The summed E-state index contributed by atoms with van der Waals surface area (Å²) in [4.78, 5) is 38.2. The average Bonchev–Trinajstić information content (AvgIpc) is 2.93. The van der Waals surface area contributed by atoms with E-state index in [0.29, 0.717) is 28.3 Å². The number of imide groups is 1. The van der Waals surface area contributed by atoms with Crippen LogP contribution in [0.5, 0.6) is 5.75 Å². The maximum atomic E-state index is 12.5. The minimum atomic E-state index is -0.638. The van der Waals surface area contributed by atoms with Gasteiger partial charge in [0.05, 0.1) is 22.2 Å². The first-order valence-corrected chi connectivity index (χ1v) is 9.38. The van der Waals surface area contributed by atoms with E-state index in [0.717, 1.165) is 4.90 Å². The Hall–Kier alpha value is -2.57. The largest absolute Gasteiger partial charge is 0.480 e. The minimum absolute atomic E-state index is 0.113. The number of amides is 2. The average molecular weight is 422 g/mol. The van der Waals surface area contributed by atoms with E-state index in [4.69, 9.17) is 32.7 Å². The Labute approximate surface area is 171 Å². The summed E-state index contributed by atoms with van der Waals surface area (Å²) < 4.78 is 10.5. The van der Waals surface area contributed by atoms with Crippen LogP contribution in [0.4, 0.5) is 0 Å². The number of carbonyl (C=O) groups excluding carboxylic acids is 3. The number of carbonyl (C=O) groups is 3. The number of hydrogen-bond acceptors (Lipinski definition) is 5. The maximum Gasteiger partial charge on any atom is 0.344 e. The summed E-state index contributed by atoms with van der Waals surface area (Å²) in [6.45, 7) is 1.34. The standard InChI is InChI=1S/C20H17Cl2NO5/c1-2-13(23-19(25)14-5-3-4-6-15(14)20(23)26)10-28-18(24)11-27-17-8-7-12(21)9-16(17)22/h3-9,13H,2,10-11H2,1H3/t13-/m0/s1. The second-order valence-corrected chi connectivity index (χ2v) is 6.98. The van der Waals surface area contributed by atoms with Crippen LogP contribution in [0.1, 0.15) is 34.1 Å². The van der Waals surface area contributed by atoms with E-state index >= 15 is 0 Å². The van der Waals surface area contributed by atoms with Crippen LogP contribution in [0.25, 0.3) is 0 Å². The van der Waals surface area contributed by atoms with Gasteiger partial charge in [0.2, 0.25) is 0 Å². The van der Waals surface area contributed by atoms with Gasteiger partial charge in [-0.1, -0.05) is 42.3 Å². The molecule has 0 spiro atoms. The Kier molecular flexibility index (Phi) is 6.21.